The highest BCUT2D eigenvalue weighted by Crippen LogP contribution is 2.10. The van der Waals surface area contributed by atoms with Crippen molar-refractivity contribution in [2.24, 2.45) is 0 Å². The van der Waals surface area contributed by atoms with Crippen LogP contribution in [0.2, 0.25) is 0 Å². The van der Waals surface area contributed by atoms with Gasteiger partial charge in [0.25, 0.3) is 0 Å². The van der Waals surface area contributed by atoms with Gasteiger partial charge in [-0.2, -0.15) is 0 Å². The molecule has 0 fully saturated rings. The van der Waals surface area contributed by atoms with Gasteiger partial charge in [0.15, 0.2) is 0 Å². The molecule has 0 rings (SSSR count). The van der Waals surface area contributed by atoms with Crippen LogP contribution in [-0.2, 0) is 0 Å². The van der Waals surface area contributed by atoms with Crippen molar-refractivity contribution in [3.05, 3.63) is 0 Å². The van der Waals surface area contributed by atoms with Crippen LogP contribution >= 0.6 is 0 Å². The Morgan fingerprint density at radius 1 is 1.00 bits per heavy atom. The van der Waals surface area contributed by atoms with E-state index in [9.17, 15) is 5.11 Å². The predicted octanol–water partition coefficient (Wildman–Crippen LogP) is 3.05. The Bertz CT molecular complexity index is 115. The van der Waals surface area contributed by atoms with E-state index in [0.717, 1.165) is 0 Å². The zero-order valence-corrected chi connectivity index (χ0v) is 10.1. The highest BCUT2D eigenvalue weighted by Gasteiger charge is 2.08. The van der Waals surface area contributed by atoms with E-state index in [-0.39, 0.29) is 6.23 Å². The monoisotopic (exact) mass is 201 g/mol. The number of rotatable bonds is 9. The van der Waals surface area contributed by atoms with E-state index in [0.29, 0.717) is 6.04 Å². The maximum Gasteiger partial charge on any atom is 0.102 e. The van der Waals surface area contributed by atoms with Gasteiger partial charge >= 0.3 is 0 Å². The molecule has 0 saturated carbocycles. The Balaban J connectivity index is 3.61. The van der Waals surface area contributed by atoms with Crippen molar-refractivity contribution in [3.8, 4) is 0 Å². The van der Waals surface area contributed by atoms with Crippen LogP contribution in [0.5, 0.6) is 0 Å². The summed E-state index contributed by atoms with van der Waals surface area (Å²) in [5, 5.41) is 12.5. The van der Waals surface area contributed by atoms with Gasteiger partial charge < -0.3 is 5.11 Å². The average Bonchev–Trinajstić information content (AvgIpc) is 2.13. The summed E-state index contributed by atoms with van der Waals surface area (Å²) in [6.07, 6.45) is 8.41. The molecule has 0 aliphatic heterocycles. The maximum absolute atomic E-state index is 9.27. The number of aliphatic hydroxyl groups is 1. The van der Waals surface area contributed by atoms with E-state index >= 15 is 0 Å². The van der Waals surface area contributed by atoms with Gasteiger partial charge in [0.05, 0.1) is 0 Å². The van der Waals surface area contributed by atoms with Crippen molar-refractivity contribution < 1.29 is 5.11 Å². The lowest BCUT2D eigenvalue weighted by molar-refractivity contribution is 0.134. The lowest BCUT2D eigenvalue weighted by Crippen LogP contribution is -2.36. The van der Waals surface area contributed by atoms with Crippen LogP contribution in [0.3, 0.4) is 0 Å². The molecule has 0 aliphatic rings. The fourth-order valence-corrected chi connectivity index (χ4v) is 1.74. The van der Waals surface area contributed by atoms with Crippen LogP contribution in [0.4, 0.5) is 0 Å². The summed E-state index contributed by atoms with van der Waals surface area (Å²) in [7, 11) is 0. The minimum absolute atomic E-state index is 0.363. The Morgan fingerprint density at radius 3 is 2.07 bits per heavy atom. The molecule has 0 aromatic carbocycles. The summed E-state index contributed by atoms with van der Waals surface area (Å²) in [6, 6.07) is 0.515. The molecule has 0 amide bonds. The Kier molecular flexibility index (Phi) is 9.42. The van der Waals surface area contributed by atoms with Gasteiger partial charge in [-0.05, 0) is 19.8 Å². The van der Waals surface area contributed by atoms with Crippen molar-refractivity contribution in [1.29, 1.82) is 0 Å². The molecule has 0 aromatic heterocycles. The van der Waals surface area contributed by atoms with Gasteiger partial charge in [-0.15, -0.1) is 0 Å². The molecular weight excluding hydrogens is 174 g/mol. The molecule has 2 nitrogen and oxygen atoms in total. The van der Waals surface area contributed by atoms with Gasteiger partial charge in [0, 0.05) is 6.04 Å². The standard InChI is InChI=1S/C12H27NO/c1-4-6-8-10-12(9-7-5-2)13-11(3)14/h11-14H,4-10H2,1-3H3. The molecule has 2 heteroatoms. The molecule has 0 aromatic rings. The normalized spacial score (nSPS) is 15.4. The van der Waals surface area contributed by atoms with Crippen LogP contribution < -0.4 is 5.32 Å². The van der Waals surface area contributed by atoms with Gasteiger partial charge in [0.2, 0.25) is 0 Å². The molecule has 0 spiro atoms. The zero-order valence-electron chi connectivity index (χ0n) is 10.1. The Labute approximate surface area is 89.1 Å². The van der Waals surface area contributed by atoms with Crippen LogP contribution in [0.15, 0.2) is 0 Å². The van der Waals surface area contributed by atoms with Crippen molar-refractivity contribution in [3.63, 3.8) is 0 Å². The largest absolute Gasteiger partial charge is 0.379 e. The molecule has 2 N–H and O–H groups in total. The first-order valence-corrected chi connectivity index (χ1v) is 6.14. The molecule has 0 radical (unpaired) electrons. The number of unbranched alkanes of at least 4 members (excludes halogenated alkanes) is 3. The van der Waals surface area contributed by atoms with Crippen LogP contribution in [0.25, 0.3) is 0 Å². The fraction of sp³-hybridized carbons (Fsp3) is 1.00. The number of hydrogen-bond donors (Lipinski definition) is 2. The maximum atomic E-state index is 9.27. The van der Waals surface area contributed by atoms with Crippen molar-refractivity contribution in [2.75, 3.05) is 0 Å². The highest BCUT2D eigenvalue weighted by atomic mass is 16.3. The number of hydrogen-bond acceptors (Lipinski definition) is 2. The minimum Gasteiger partial charge on any atom is -0.379 e. The van der Waals surface area contributed by atoms with E-state index in [4.69, 9.17) is 0 Å². The predicted molar refractivity (Wildman–Crippen MR) is 62.3 cm³/mol. The van der Waals surface area contributed by atoms with Crippen LogP contribution in [0.1, 0.15) is 65.7 Å². The SMILES string of the molecule is CCCCCC(CCCC)NC(C)O. The molecular formula is C12H27NO. The summed E-state index contributed by atoms with van der Waals surface area (Å²) < 4.78 is 0. The number of aliphatic hydroxyl groups excluding tert-OH is 1. The summed E-state index contributed by atoms with van der Waals surface area (Å²) in [6.45, 7) is 6.24. The fourth-order valence-electron chi connectivity index (χ4n) is 1.74. The third-order valence-electron chi connectivity index (χ3n) is 2.54. The Morgan fingerprint density at radius 2 is 1.57 bits per heavy atom. The molecule has 86 valence electrons. The first-order chi connectivity index (χ1) is 6.70. The molecule has 0 aliphatic carbocycles. The molecule has 0 bridgehead atoms. The van der Waals surface area contributed by atoms with E-state index in [1.54, 1.807) is 6.92 Å². The lowest BCUT2D eigenvalue weighted by Gasteiger charge is -2.20. The van der Waals surface area contributed by atoms with Gasteiger partial charge in [-0.25, -0.2) is 0 Å². The van der Waals surface area contributed by atoms with Crippen LogP contribution in [-0.4, -0.2) is 17.4 Å². The topological polar surface area (TPSA) is 32.3 Å². The highest BCUT2D eigenvalue weighted by molar-refractivity contribution is 4.67. The van der Waals surface area contributed by atoms with E-state index in [1.165, 1.54) is 44.9 Å². The zero-order chi connectivity index (χ0) is 10.8. The van der Waals surface area contributed by atoms with E-state index in [2.05, 4.69) is 19.2 Å². The molecule has 0 saturated heterocycles. The first kappa shape index (κ1) is 13.9. The average molecular weight is 201 g/mol. The third-order valence-corrected chi connectivity index (χ3v) is 2.54. The van der Waals surface area contributed by atoms with Crippen molar-refractivity contribution in [1.82, 2.24) is 5.32 Å². The second-order valence-corrected chi connectivity index (χ2v) is 4.18. The quantitative estimate of drug-likeness (QED) is 0.444. The number of nitrogens with one attached hydrogen (secondary N) is 1. The summed E-state index contributed by atoms with van der Waals surface area (Å²) in [5.74, 6) is 0. The minimum atomic E-state index is -0.363. The second kappa shape index (κ2) is 9.47. The third kappa shape index (κ3) is 8.52. The van der Waals surface area contributed by atoms with Gasteiger partial charge in [-0.3, -0.25) is 5.32 Å². The Hall–Kier alpha value is -0.0800. The molecule has 14 heavy (non-hydrogen) atoms. The molecule has 2 atom stereocenters. The lowest BCUT2D eigenvalue weighted by atomic mass is 10.0. The van der Waals surface area contributed by atoms with Crippen molar-refractivity contribution >= 4 is 0 Å². The second-order valence-electron chi connectivity index (χ2n) is 4.18. The van der Waals surface area contributed by atoms with E-state index in [1.807, 2.05) is 0 Å². The summed E-state index contributed by atoms with van der Waals surface area (Å²) in [4.78, 5) is 0. The summed E-state index contributed by atoms with van der Waals surface area (Å²) >= 11 is 0. The smallest absolute Gasteiger partial charge is 0.102 e. The van der Waals surface area contributed by atoms with E-state index < -0.39 is 0 Å². The van der Waals surface area contributed by atoms with Gasteiger partial charge in [0.1, 0.15) is 6.23 Å². The van der Waals surface area contributed by atoms with Gasteiger partial charge in [-0.1, -0.05) is 46.0 Å². The molecule has 0 heterocycles. The van der Waals surface area contributed by atoms with Crippen molar-refractivity contribution in [2.45, 2.75) is 78.0 Å². The van der Waals surface area contributed by atoms with Crippen LogP contribution in [0, 0.1) is 0 Å². The first-order valence-electron chi connectivity index (χ1n) is 6.14. The molecule has 2 unspecified atom stereocenters. The summed E-state index contributed by atoms with van der Waals surface area (Å²) in [5.41, 5.74) is 0.